The van der Waals surface area contributed by atoms with Gasteiger partial charge < -0.3 is 11.1 Å². The molecule has 0 saturated heterocycles. The second-order valence-electron chi connectivity index (χ2n) is 5.80. The normalized spacial score (nSPS) is 14.8. The molecule has 1 aliphatic carbocycles. The summed E-state index contributed by atoms with van der Waals surface area (Å²) < 4.78 is 0. The number of anilines is 1. The first-order valence-electron chi connectivity index (χ1n) is 7.79. The van der Waals surface area contributed by atoms with E-state index in [2.05, 4.69) is 11.4 Å². The summed E-state index contributed by atoms with van der Waals surface area (Å²) in [6.45, 7) is 4.48. The molecule has 1 aromatic rings. The van der Waals surface area contributed by atoms with E-state index in [1.54, 1.807) is 0 Å². The van der Waals surface area contributed by atoms with Gasteiger partial charge in [0, 0.05) is 12.2 Å². The van der Waals surface area contributed by atoms with Gasteiger partial charge in [0.25, 0.3) is 0 Å². The van der Waals surface area contributed by atoms with Crippen LogP contribution in [-0.2, 0) is 17.6 Å². The zero-order valence-electron chi connectivity index (χ0n) is 12.7. The van der Waals surface area contributed by atoms with Gasteiger partial charge in [-0.15, -0.1) is 0 Å². The summed E-state index contributed by atoms with van der Waals surface area (Å²) in [5.74, 6) is 0.0731. The average molecular weight is 274 g/mol. The van der Waals surface area contributed by atoms with Gasteiger partial charge in [-0.1, -0.05) is 26.0 Å². The van der Waals surface area contributed by atoms with Crippen LogP contribution in [0.3, 0.4) is 0 Å². The Hall–Kier alpha value is -1.35. The highest BCUT2D eigenvalue weighted by molar-refractivity contribution is 5.96. The van der Waals surface area contributed by atoms with Crippen LogP contribution in [0.1, 0.15) is 50.7 Å². The van der Waals surface area contributed by atoms with Crippen LogP contribution in [0.25, 0.3) is 0 Å². The van der Waals surface area contributed by atoms with Crippen molar-refractivity contribution in [3.63, 3.8) is 0 Å². The van der Waals surface area contributed by atoms with Gasteiger partial charge in [0.2, 0.25) is 5.91 Å². The zero-order valence-corrected chi connectivity index (χ0v) is 12.7. The lowest BCUT2D eigenvalue weighted by molar-refractivity contribution is -0.125. The van der Waals surface area contributed by atoms with Crippen LogP contribution in [0, 0.1) is 5.41 Å². The molecule has 1 aromatic carbocycles. The molecule has 3 N–H and O–H groups in total. The molecule has 0 spiro atoms. The molecule has 0 atom stereocenters. The Balaban J connectivity index is 2.24. The molecule has 0 fully saturated rings. The van der Waals surface area contributed by atoms with Crippen LogP contribution in [0.15, 0.2) is 18.2 Å². The number of carbonyl (C=O) groups is 1. The molecule has 3 nitrogen and oxygen atoms in total. The smallest absolute Gasteiger partial charge is 0.231 e. The first kappa shape index (κ1) is 15.0. The number of hydrogen-bond acceptors (Lipinski definition) is 2. The monoisotopic (exact) mass is 274 g/mol. The molecule has 20 heavy (non-hydrogen) atoms. The molecule has 110 valence electrons. The molecular formula is C17H26N2O. The maximum absolute atomic E-state index is 12.6. The van der Waals surface area contributed by atoms with E-state index >= 15 is 0 Å². The van der Waals surface area contributed by atoms with Gasteiger partial charge in [-0.05, 0) is 55.7 Å². The number of benzene rings is 1. The SMILES string of the molecule is CCC(CC)(CN)C(=O)Nc1cccc2c1CCCC2. The molecule has 1 amide bonds. The molecule has 0 aromatic heterocycles. The Labute approximate surface area is 121 Å². The third-order valence-electron chi connectivity index (χ3n) is 4.87. The molecule has 0 heterocycles. The minimum atomic E-state index is -0.433. The molecule has 0 saturated carbocycles. The van der Waals surface area contributed by atoms with Crippen LogP contribution in [0.2, 0.25) is 0 Å². The summed E-state index contributed by atoms with van der Waals surface area (Å²) in [6, 6.07) is 6.25. The zero-order chi connectivity index (χ0) is 14.6. The van der Waals surface area contributed by atoms with Crippen LogP contribution >= 0.6 is 0 Å². The highest BCUT2D eigenvalue weighted by Gasteiger charge is 2.33. The van der Waals surface area contributed by atoms with Crippen LogP contribution in [0.5, 0.6) is 0 Å². The van der Waals surface area contributed by atoms with Gasteiger partial charge in [0.1, 0.15) is 0 Å². The molecule has 0 aliphatic heterocycles. The first-order valence-corrected chi connectivity index (χ1v) is 7.79. The van der Waals surface area contributed by atoms with E-state index in [0.29, 0.717) is 6.54 Å². The van der Waals surface area contributed by atoms with Gasteiger partial charge in [0.15, 0.2) is 0 Å². The van der Waals surface area contributed by atoms with Crippen LogP contribution in [-0.4, -0.2) is 12.5 Å². The van der Waals surface area contributed by atoms with E-state index in [-0.39, 0.29) is 5.91 Å². The Bertz CT molecular complexity index is 470. The summed E-state index contributed by atoms with van der Waals surface area (Å²) in [5, 5.41) is 3.14. The Kier molecular flexibility index (Phi) is 4.81. The molecule has 0 radical (unpaired) electrons. The predicted octanol–water partition coefficient (Wildman–Crippen LogP) is 3.27. The Morgan fingerprint density at radius 2 is 1.95 bits per heavy atom. The lowest BCUT2D eigenvalue weighted by Crippen LogP contribution is -2.41. The van der Waals surface area contributed by atoms with Crippen molar-refractivity contribution in [2.75, 3.05) is 11.9 Å². The highest BCUT2D eigenvalue weighted by Crippen LogP contribution is 2.31. The minimum Gasteiger partial charge on any atom is -0.329 e. The van der Waals surface area contributed by atoms with Gasteiger partial charge in [-0.25, -0.2) is 0 Å². The summed E-state index contributed by atoms with van der Waals surface area (Å²) >= 11 is 0. The van der Waals surface area contributed by atoms with Crippen molar-refractivity contribution in [2.24, 2.45) is 11.1 Å². The lowest BCUT2D eigenvalue weighted by Gasteiger charge is -2.29. The fraction of sp³-hybridized carbons (Fsp3) is 0.588. The van der Waals surface area contributed by atoms with E-state index in [4.69, 9.17) is 5.73 Å². The Morgan fingerprint density at radius 3 is 2.60 bits per heavy atom. The van der Waals surface area contributed by atoms with Crippen molar-refractivity contribution >= 4 is 11.6 Å². The van der Waals surface area contributed by atoms with E-state index < -0.39 is 5.41 Å². The average Bonchev–Trinajstić information content (AvgIpc) is 2.50. The molecular weight excluding hydrogens is 248 g/mol. The molecule has 0 bridgehead atoms. The second-order valence-corrected chi connectivity index (χ2v) is 5.80. The maximum Gasteiger partial charge on any atom is 0.231 e. The van der Waals surface area contributed by atoms with Gasteiger partial charge in [-0.2, -0.15) is 0 Å². The summed E-state index contributed by atoms with van der Waals surface area (Å²) in [7, 11) is 0. The fourth-order valence-corrected chi connectivity index (χ4v) is 3.11. The first-order chi connectivity index (χ1) is 9.66. The number of nitrogens with one attached hydrogen (secondary N) is 1. The van der Waals surface area contributed by atoms with E-state index in [1.807, 2.05) is 26.0 Å². The van der Waals surface area contributed by atoms with E-state index in [1.165, 1.54) is 24.0 Å². The summed E-state index contributed by atoms with van der Waals surface area (Å²) in [6.07, 6.45) is 6.22. The van der Waals surface area contributed by atoms with E-state index in [0.717, 1.165) is 31.4 Å². The van der Waals surface area contributed by atoms with Crippen molar-refractivity contribution < 1.29 is 4.79 Å². The van der Waals surface area contributed by atoms with Crippen molar-refractivity contribution in [2.45, 2.75) is 52.4 Å². The predicted molar refractivity (Wildman–Crippen MR) is 83.8 cm³/mol. The summed E-state index contributed by atoms with van der Waals surface area (Å²) in [4.78, 5) is 12.6. The quantitative estimate of drug-likeness (QED) is 0.866. The van der Waals surface area contributed by atoms with E-state index in [9.17, 15) is 4.79 Å². The number of aryl methyl sites for hydroxylation is 1. The van der Waals surface area contributed by atoms with Gasteiger partial charge >= 0.3 is 0 Å². The molecule has 1 aliphatic rings. The lowest BCUT2D eigenvalue weighted by atomic mass is 9.81. The Morgan fingerprint density at radius 1 is 1.25 bits per heavy atom. The molecule has 2 rings (SSSR count). The maximum atomic E-state index is 12.6. The van der Waals surface area contributed by atoms with Crippen LogP contribution < -0.4 is 11.1 Å². The number of carbonyl (C=O) groups excluding carboxylic acids is 1. The fourth-order valence-electron chi connectivity index (χ4n) is 3.11. The summed E-state index contributed by atoms with van der Waals surface area (Å²) in [5.41, 5.74) is 9.13. The third-order valence-corrected chi connectivity index (χ3v) is 4.87. The molecule has 0 unspecified atom stereocenters. The molecule has 3 heteroatoms. The van der Waals surface area contributed by atoms with Gasteiger partial charge in [-0.3, -0.25) is 4.79 Å². The number of rotatable bonds is 5. The number of nitrogens with two attached hydrogens (primary N) is 1. The minimum absolute atomic E-state index is 0.0731. The van der Waals surface area contributed by atoms with Crippen LogP contribution in [0.4, 0.5) is 5.69 Å². The van der Waals surface area contributed by atoms with Crippen molar-refractivity contribution in [1.29, 1.82) is 0 Å². The highest BCUT2D eigenvalue weighted by atomic mass is 16.2. The number of hydrogen-bond donors (Lipinski definition) is 2. The van der Waals surface area contributed by atoms with Crippen molar-refractivity contribution in [3.05, 3.63) is 29.3 Å². The largest absolute Gasteiger partial charge is 0.329 e. The van der Waals surface area contributed by atoms with Crippen molar-refractivity contribution in [3.8, 4) is 0 Å². The second kappa shape index (κ2) is 6.40. The number of amides is 1. The number of fused-ring (bicyclic) bond motifs is 1. The third kappa shape index (κ3) is 2.73. The van der Waals surface area contributed by atoms with Crippen molar-refractivity contribution in [1.82, 2.24) is 0 Å². The van der Waals surface area contributed by atoms with Gasteiger partial charge in [0.05, 0.1) is 5.41 Å². The topological polar surface area (TPSA) is 55.1 Å². The standard InChI is InChI=1S/C17H26N2O/c1-3-17(4-2,12-18)16(20)19-15-11-7-9-13-8-5-6-10-14(13)15/h7,9,11H,3-6,8,10,12,18H2,1-2H3,(H,19,20).